The standard InChI is InChI=1S/C16H28N2O4/c1-4-6-7-8-22-14-10-12(16(20)21-5-2)9-13(17)15(14)18-11(3)19/h10,13-15H,4-9,17H2,1-3H3,(H,18,19). The average molecular weight is 312 g/mol. The fraction of sp³-hybridized carbons (Fsp3) is 0.750. The Hall–Kier alpha value is -1.40. The van der Waals surface area contributed by atoms with Crippen molar-refractivity contribution in [2.45, 2.75) is 64.6 Å². The first-order chi connectivity index (χ1) is 10.5. The van der Waals surface area contributed by atoms with Crippen LogP contribution in [0.4, 0.5) is 0 Å². The van der Waals surface area contributed by atoms with E-state index in [1.54, 1.807) is 13.0 Å². The van der Waals surface area contributed by atoms with Gasteiger partial charge in [0, 0.05) is 25.1 Å². The minimum atomic E-state index is -0.399. The van der Waals surface area contributed by atoms with E-state index in [0.29, 0.717) is 25.2 Å². The molecule has 3 unspecified atom stereocenters. The molecule has 0 aliphatic heterocycles. The molecule has 0 saturated carbocycles. The van der Waals surface area contributed by atoms with Gasteiger partial charge in [-0.1, -0.05) is 19.8 Å². The molecule has 0 spiro atoms. The van der Waals surface area contributed by atoms with Crippen molar-refractivity contribution in [1.82, 2.24) is 5.32 Å². The summed E-state index contributed by atoms with van der Waals surface area (Å²) in [7, 11) is 0. The Morgan fingerprint density at radius 1 is 1.36 bits per heavy atom. The topological polar surface area (TPSA) is 90.7 Å². The van der Waals surface area contributed by atoms with E-state index in [0.717, 1.165) is 19.3 Å². The van der Waals surface area contributed by atoms with Gasteiger partial charge in [0.1, 0.15) is 0 Å². The maximum Gasteiger partial charge on any atom is 0.333 e. The SMILES string of the molecule is CCCCCOC1C=C(C(=O)OCC)CC(N)C1NC(C)=O. The molecule has 3 N–H and O–H groups in total. The lowest BCUT2D eigenvalue weighted by atomic mass is 9.88. The lowest BCUT2D eigenvalue weighted by Gasteiger charge is -2.35. The Morgan fingerprint density at radius 2 is 2.09 bits per heavy atom. The van der Waals surface area contributed by atoms with Crippen LogP contribution in [0.2, 0.25) is 0 Å². The highest BCUT2D eigenvalue weighted by molar-refractivity contribution is 5.89. The third-order valence-electron chi connectivity index (χ3n) is 3.60. The smallest absolute Gasteiger partial charge is 0.333 e. The van der Waals surface area contributed by atoms with Crippen LogP contribution in [0.15, 0.2) is 11.6 Å². The Balaban J connectivity index is 2.80. The Labute approximate surface area is 132 Å². The van der Waals surface area contributed by atoms with E-state index in [-0.39, 0.29) is 24.0 Å². The monoisotopic (exact) mass is 312 g/mol. The van der Waals surface area contributed by atoms with Gasteiger partial charge in [0.25, 0.3) is 0 Å². The molecule has 0 bridgehead atoms. The molecule has 126 valence electrons. The Kier molecular flexibility index (Phi) is 8.12. The summed E-state index contributed by atoms with van der Waals surface area (Å²) in [6, 6.07) is -0.693. The average Bonchev–Trinajstić information content (AvgIpc) is 2.46. The summed E-state index contributed by atoms with van der Waals surface area (Å²) in [5.41, 5.74) is 6.65. The van der Waals surface area contributed by atoms with E-state index in [9.17, 15) is 9.59 Å². The van der Waals surface area contributed by atoms with Gasteiger partial charge in [-0.05, 0) is 25.8 Å². The molecule has 6 heteroatoms. The van der Waals surface area contributed by atoms with E-state index in [4.69, 9.17) is 15.2 Å². The summed E-state index contributed by atoms with van der Waals surface area (Å²) >= 11 is 0. The van der Waals surface area contributed by atoms with Crippen molar-refractivity contribution in [3.8, 4) is 0 Å². The summed E-state index contributed by atoms with van der Waals surface area (Å²) in [6.07, 6.45) is 4.85. The van der Waals surface area contributed by atoms with Crippen molar-refractivity contribution < 1.29 is 19.1 Å². The predicted molar refractivity (Wildman–Crippen MR) is 84.2 cm³/mol. The van der Waals surface area contributed by atoms with Crippen LogP contribution in [0, 0.1) is 0 Å². The minimum Gasteiger partial charge on any atom is -0.463 e. The van der Waals surface area contributed by atoms with E-state index >= 15 is 0 Å². The van der Waals surface area contributed by atoms with Gasteiger partial charge in [-0.15, -0.1) is 0 Å². The quantitative estimate of drug-likeness (QED) is 0.520. The van der Waals surface area contributed by atoms with E-state index in [2.05, 4.69) is 12.2 Å². The van der Waals surface area contributed by atoms with Gasteiger partial charge in [-0.3, -0.25) is 4.79 Å². The van der Waals surface area contributed by atoms with Gasteiger partial charge < -0.3 is 20.5 Å². The number of nitrogens with two attached hydrogens (primary N) is 1. The molecule has 0 fully saturated rings. The number of hydrogen-bond acceptors (Lipinski definition) is 5. The predicted octanol–water partition coefficient (Wildman–Crippen LogP) is 1.29. The van der Waals surface area contributed by atoms with Crippen molar-refractivity contribution in [2.75, 3.05) is 13.2 Å². The number of carbonyl (C=O) groups is 2. The Bertz CT molecular complexity index is 409. The minimum absolute atomic E-state index is 0.157. The molecule has 1 aliphatic carbocycles. The third-order valence-corrected chi connectivity index (χ3v) is 3.60. The number of hydrogen-bond donors (Lipinski definition) is 2. The van der Waals surface area contributed by atoms with Gasteiger partial charge in [-0.2, -0.15) is 0 Å². The zero-order valence-electron chi connectivity index (χ0n) is 13.8. The molecule has 1 amide bonds. The first-order valence-electron chi connectivity index (χ1n) is 8.01. The second kappa shape index (κ2) is 9.58. The van der Waals surface area contributed by atoms with Gasteiger partial charge >= 0.3 is 5.97 Å². The van der Waals surface area contributed by atoms with Gasteiger partial charge in [0.2, 0.25) is 5.91 Å². The molecule has 1 rings (SSSR count). The third kappa shape index (κ3) is 5.77. The normalized spacial score (nSPS) is 24.5. The van der Waals surface area contributed by atoms with Crippen molar-refractivity contribution in [1.29, 1.82) is 0 Å². The number of carbonyl (C=O) groups excluding carboxylic acids is 2. The fourth-order valence-corrected chi connectivity index (χ4v) is 2.52. The summed E-state index contributed by atoms with van der Waals surface area (Å²) in [6.45, 7) is 6.23. The largest absolute Gasteiger partial charge is 0.463 e. The maximum atomic E-state index is 11.9. The highest BCUT2D eigenvalue weighted by Gasteiger charge is 2.34. The molecule has 0 radical (unpaired) electrons. The summed E-state index contributed by atoms with van der Waals surface area (Å²) < 4.78 is 10.9. The molecule has 0 aromatic rings. The second-order valence-corrected chi connectivity index (χ2v) is 5.55. The molecular formula is C16H28N2O4. The van der Waals surface area contributed by atoms with E-state index in [1.165, 1.54) is 6.92 Å². The summed E-state index contributed by atoms with van der Waals surface area (Å²) in [5.74, 6) is -0.517. The van der Waals surface area contributed by atoms with Crippen molar-refractivity contribution in [3.63, 3.8) is 0 Å². The molecule has 3 atom stereocenters. The van der Waals surface area contributed by atoms with Gasteiger partial charge in [0.05, 0.1) is 18.8 Å². The number of unbranched alkanes of at least 4 members (excludes halogenated alkanes) is 2. The number of rotatable bonds is 8. The zero-order valence-corrected chi connectivity index (χ0v) is 13.8. The lowest BCUT2D eigenvalue weighted by Crippen LogP contribution is -2.56. The van der Waals surface area contributed by atoms with Crippen molar-refractivity contribution in [3.05, 3.63) is 11.6 Å². The van der Waals surface area contributed by atoms with Gasteiger partial charge in [0.15, 0.2) is 0 Å². The summed E-state index contributed by atoms with van der Waals surface area (Å²) in [4.78, 5) is 23.3. The van der Waals surface area contributed by atoms with Crippen LogP contribution in [-0.2, 0) is 19.1 Å². The number of amides is 1. The van der Waals surface area contributed by atoms with E-state index < -0.39 is 6.10 Å². The number of esters is 1. The molecule has 0 aromatic heterocycles. The van der Waals surface area contributed by atoms with Crippen LogP contribution in [0.5, 0.6) is 0 Å². The molecule has 0 aromatic carbocycles. The number of ether oxygens (including phenoxy) is 2. The highest BCUT2D eigenvalue weighted by Crippen LogP contribution is 2.22. The van der Waals surface area contributed by atoms with Crippen molar-refractivity contribution >= 4 is 11.9 Å². The van der Waals surface area contributed by atoms with Gasteiger partial charge in [-0.25, -0.2) is 4.79 Å². The second-order valence-electron chi connectivity index (χ2n) is 5.55. The van der Waals surface area contributed by atoms with Crippen molar-refractivity contribution in [2.24, 2.45) is 5.73 Å². The van der Waals surface area contributed by atoms with Crippen LogP contribution in [0.3, 0.4) is 0 Å². The van der Waals surface area contributed by atoms with Crippen LogP contribution in [-0.4, -0.2) is 43.3 Å². The zero-order chi connectivity index (χ0) is 16.5. The van der Waals surface area contributed by atoms with Crippen LogP contribution < -0.4 is 11.1 Å². The van der Waals surface area contributed by atoms with Crippen LogP contribution >= 0.6 is 0 Å². The number of nitrogens with one attached hydrogen (secondary N) is 1. The molecule has 22 heavy (non-hydrogen) atoms. The molecular weight excluding hydrogens is 284 g/mol. The molecule has 0 saturated heterocycles. The maximum absolute atomic E-state index is 11.9. The fourth-order valence-electron chi connectivity index (χ4n) is 2.52. The lowest BCUT2D eigenvalue weighted by molar-refractivity contribution is -0.139. The molecule has 0 heterocycles. The molecule has 6 nitrogen and oxygen atoms in total. The Morgan fingerprint density at radius 3 is 2.68 bits per heavy atom. The summed E-state index contributed by atoms with van der Waals surface area (Å²) in [5, 5.41) is 2.83. The van der Waals surface area contributed by atoms with Crippen LogP contribution in [0.25, 0.3) is 0 Å². The highest BCUT2D eigenvalue weighted by atomic mass is 16.5. The molecule has 1 aliphatic rings. The van der Waals surface area contributed by atoms with E-state index in [1.807, 2.05) is 0 Å². The first-order valence-corrected chi connectivity index (χ1v) is 8.01. The van der Waals surface area contributed by atoms with Crippen LogP contribution in [0.1, 0.15) is 46.5 Å². The first kappa shape index (κ1) is 18.6.